The number of carbonyl (C=O) groups excluding carboxylic acids is 1. The molecule has 6 nitrogen and oxygen atoms in total. The van der Waals surface area contributed by atoms with Crippen LogP contribution in [0.1, 0.15) is 31.4 Å². The highest BCUT2D eigenvalue weighted by Crippen LogP contribution is 2.20. The molecule has 150 valence electrons. The molecular formula is C20H31FN4O2. The van der Waals surface area contributed by atoms with Gasteiger partial charge in [-0.1, -0.05) is 12.1 Å². The predicted octanol–water partition coefficient (Wildman–Crippen LogP) is 2.28. The van der Waals surface area contributed by atoms with Crippen LogP contribution >= 0.6 is 0 Å². The number of nitrogens with zero attached hydrogens (tertiary/aromatic N) is 3. The minimum absolute atomic E-state index is 0.00286. The summed E-state index contributed by atoms with van der Waals surface area (Å²) in [4.78, 5) is 20.6. The molecule has 1 aliphatic heterocycles. The summed E-state index contributed by atoms with van der Waals surface area (Å²) < 4.78 is 18.8. The van der Waals surface area contributed by atoms with E-state index in [1.807, 2.05) is 32.0 Å². The molecule has 1 N–H and O–H groups in total. The lowest BCUT2D eigenvalue weighted by Crippen LogP contribution is -2.49. The Morgan fingerprint density at radius 2 is 2.26 bits per heavy atom. The number of likely N-dealkylation sites (tertiary alicyclic amines) is 1. The van der Waals surface area contributed by atoms with E-state index in [1.54, 1.807) is 19.2 Å². The summed E-state index contributed by atoms with van der Waals surface area (Å²) in [5, 5.41) is 3.39. The number of hydrogen-bond donors (Lipinski definition) is 1. The zero-order valence-electron chi connectivity index (χ0n) is 16.7. The third-order valence-electron chi connectivity index (χ3n) is 4.86. The normalized spacial score (nSPS) is 19.1. The molecule has 7 heteroatoms. The van der Waals surface area contributed by atoms with Crippen LogP contribution in [-0.2, 0) is 9.53 Å². The van der Waals surface area contributed by atoms with Crippen molar-refractivity contribution in [2.45, 2.75) is 25.8 Å². The number of hydrogen-bond acceptors (Lipinski definition) is 4. The van der Waals surface area contributed by atoms with Crippen LogP contribution in [0.4, 0.5) is 4.39 Å². The van der Waals surface area contributed by atoms with Crippen molar-refractivity contribution < 1.29 is 13.9 Å². The molecule has 1 aliphatic rings. The minimum Gasteiger partial charge on any atom is -0.466 e. The first-order chi connectivity index (χ1) is 13.0. The van der Waals surface area contributed by atoms with Crippen LogP contribution in [0.2, 0.25) is 0 Å². The Balaban J connectivity index is 2.02. The van der Waals surface area contributed by atoms with E-state index in [2.05, 4.69) is 15.2 Å². The highest BCUT2D eigenvalue weighted by Gasteiger charge is 2.28. The van der Waals surface area contributed by atoms with E-state index in [-0.39, 0.29) is 23.7 Å². The van der Waals surface area contributed by atoms with Crippen molar-refractivity contribution in [2.24, 2.45) is 10.9 Å². The van der Waals surface area contributed by atoms with Crippen LogP contribution in [0.3, 0.4) is 0 Å². The zero-order valence-corrected chi connectivity index (χ0v) is 16.7. The fourth-order valence-electron chi connectivity index (χ4n) is 3.45. The Hall–Kier alpha value is -2.15. The van der Waals surface area contributed by atoms with Crippen LogP contribution in [-0.4, -0.2) is 69.1 Å². The van der Waals surface area contributed by atoms with Gasteiger partial charge in [0.15, 0.2) is 5.96 Å². The average Bonchev–Trinajstić information content (AvgIpc) is 2.65. The van der Waals surface area contributed by atoms with Crippen molar-refractivity contribution in [3.05, 3.63) is 35.6 Å². The Labute approximate surface area is 161 Å². The molecule has 1 saturated heterocycles. The lowest BCUT2D eigenvalue weighted by atomic mass is 9.98. The molecular weight excluding hydrogens is 347 g/mol. The second-order valence-electron chi connectivity index (χ2n) is 7.00. The van der Waals surface area contributed by atoms with Crippen molar-refractivity contribution in [1.29, 1.82) is 0 Å². The lowest BCUT2D eigenvalue weighted by Gasteiger charge is -2.35. The smallest absolute Gasteiger partial charge is 0.310 e. The lowest BCUT2D eigenvalue weighted by molar-refractivity contribution is -0.149. The molecule has 1 heterocycles. The van der Waals surface area contributed by atoms with Gasteiger partial charge >= 0.3 is 5.97 Å². The van der Waals surface area contributed by atoms with Crippen LogP contribution in [0.5, 0.6) is 0 Å². The molecule has 2 unspecified atom stereocenters. The third kappa shape index (κ3) is 5.92. The van der Waals surface area contributed by atoms with Gasteiger partial charge < -0.3 is 19.9 Å². The van der Waals surface area contributed by atoms with E-state index in [9.17, 15) is 9.18 Å². The minimum atomic E-state index is -0.239. The molecule has 0 saturated carbocycles. The summed E-state index contributed by atoms with van der Waals surface area (Å²) in [5.74, 6) is 0.262. The first-order valence-electron chi connectivity index (χ1n) is 9.50. The van der Waals surface area contributed by atoms with Crippen molar-refractivity contribution in [1.82, 2.24) is 15.1 Å². The van der Waals surface area contributed by atoms with Gasteiger partial charge in [0, 0.05) is 26.7 Å². The van der Waals surface area contributed by atoms with Gasteiger partial charge in [0.2, 0.25) is 0 Å². The van der Waals surface area contributed by atoms with Gasteiger partial charge in [-0.05, 0) is 51.6 Å². The maximum atomic E-state index is 13.6. The van der Waals surface area contributed by atoms with E-state index in [4.69, 9.17) is 4.74 Å². The SMILES string of the molecule is CCOC(=O)C1CCCN(C(=NC)NCC(c2cccc(F)c2)N(C)C)C1. The largest absolute Gasteiger partial charge is 0.466 e. The highest BCUT2D eigenvalue weighted by molar-refractivity contribution is 5.81. The van der Waals surface area contributed by atoms with E-state index in [0.29, 0.717) is 19.7 Å². The third-order valence-corrected chi connectivity index (χ3v) is 4.86. The van der Waals surface area contributed by atoms with Gasteiger partial charge in [0.25, 0.3) is 0 Å². The number of esters is 1. The van der Waals surface area contributed by atoms with E-state index in [1.165, 1.54) is 6.07 Å². The van der Waals surface area contributed by atoms with Gasteiger partial charge in [-0.3, -0.25) is 9.79 Å². The number of rotatable bonds is 6. The molecule has 1 aromatic rings. The highest BCUT2D eigenvalue weighted by atomic mass is 19.1. The monoisotopic (exact) mass is 378 g/mol. The van der Waals surface area contributed by atoms with Gasteiger partial charge in [0.1, 0.15) is 5.82 Å². The Bertz CT molecular complexity index is 651. The fourth-order valence-corrected chi connectivity index (χ4v) is 3.45. The van der Waals surface area contributed by atoms with E-state index < -0.39 is 0 Å². The van der Waals surface area contributed by atoms with Crippen LogP contribution in [0, 0.1) is 11.7 Å². The van der Waals surface area contributed by atoms with Gasteiger partial charge in [0.05, 0.1) is 18.6 Å². The van der Waals surface area contributed by atoms with Crippen LogP contribution in [0.25, 0.3) is 0 Å². The van der Waals surface area contributed by atoms with Crippen LogP contribution < -0.4 is 5.32 Å². The molecule has 27 heavy (non-hydrogen) atoms. The molecule has 0 spiro atoms. The molecule has 2 rings (SSSR count). The summed E-state index contributed by atoms with van der Waals surface area (Å²) in [6.45, 7) is 4.27. The average molecular weight is 378 g/mol. The summed E-state index contributed by atoms with van der Waals surface area (Å²) >= 11 is 0. The second-order valence-corrected chi connectivity index (χ2v) is 7.00. The molecule has 1 fully saturated rings. The number of ether oxygens (including phenoxy) is 1. The number of guanidine groups is 1. The van der Waals surface area contributed by atoms with E-state index in [0.717, 1.165) is 30.9 Å². The molecule has 0 aromatic heterocycles. The quantitative estimate of drug-likeness (QED) is 0.468. The molecule has 0 radical (unpaired) electrons. The van der Waals surface area contributed by atoms with E-state index >= 15 is 0 Å². The molecule has 0 amide bonds. The first-order valence-corrected chi connectivity index (χ1v) is 9.50. The van der Waals surface area contributed by atoms with Crippen LogP contribution in [0.15, 0.2) is 29.3 Å². The summed E-state index contributed by atoms with van der Waals surface area (Å²) in [7, 11) is 5.68. The number of likely N-dealkylation sites (N-methyl/N-ethyl adjacent to an activating group) is 1. The number of benzene rings is 1. The number of halogens is 1. The van der Waals surface area contributed by atoms with Crippen molar-refractivity contribution >= 4 is 11.9 Å². The van der Waals surface area contributed by atoms with Crippen molar-refractivity contribution in [3.8, 4) is 0 Å². The first kappa shape index (κ1) is 21.2. The van der Waals surface area contributed by atoms with Crippen molar-refractivity contribution in [3.63, 3.8) is 0 Å². The van der Waals surface area contributed by atoms with Gasteiger partial charge in [-0.2, -0.15) is 0 Å². The Morgan fingerprint density at radius 1 is 1.48 bits per heavy atom. The maximum absolute atomic E-state index is 13.6. The molecule has 2 atom stereocenters. The molecule has 0 aliphatic carbocycles. The van der Waals surface area contributed by atoms with Gasteiger partial charge in [-0.25, -0.2) is 4.39 Å². The van der Waals surface area contributed by atoms with Gasteiger partial charge in [-0.15, -0.1) is 0 Å². The fraction of sp³-hybridized carbons (Fsp3) is 0.600. The summed E-state index contributed by atoms with van der Waals surface area (Å²) in [5.41, 5.74) is 0.908. The standard InChI is InChI=1S/C20H31FN4O2/c1-5-27-19(26)16-9-7-11-25(14-16)20(22-2)23-13-18(24(3)4)15-8-6-10-17(21)12-15/h6,8,10,12,16,18H,5,7,9,11,13-14H2,1-4H3,(H,22,23). The summed E-state index contributed by atoms with van der Waals surface area (Å²) in [6, 6.07) is 6.67. The topological polar surface area (TPSA) is 57.2 Å². The summed E-state index contributed by atoms with van der Waals surface area (Å²) in [6.07, 6.45) is 1.77. The number of piperidine rings is 1. The Kier molecular flexibility index (Phi) is 8.03. The molecule has 0 bridgehead atoms. The van der Waals surface area contributed by atoms with Crippen molar-refractivity contribution in [2.75, 3.05) is 47.4 Å². The number of aliphatic imine (C=N–C) groups is 1. The molecule has 1 aromatic carbocycles. The zero-order chi connectivity index (χ0) is 19.8. The maximum Gasteiger partial charge on any atom is 0.310 e. The number of nitrogens with one attached hydrogen (secondary N) is 1. The predicted molar refractivity (Wildman–Crippen MR) is 105 cm³/mol. The second kappa shape index (κ2) is 10.3. The number of carbonyl (C=O) groups is 1. The Morgan fingerprint density at radius 3 is 2.89 bits per heavy atom.